The van der Waals surface area contributed by atoms with Crippen molar-refractivity contribution in [1.29, 1.82) is 0 Å². The molecule has 102 valence electrons. The summed E-state index contributed by atoms with van der Waals surface area (Å²) in [6.45, 7) is 7.57. The van der Waals surface area contributed by atoms with Gasteiger partial charge in [-0.15, -0.1) is 0 Å². The summed E-state index contributed by atoms with van der Waals surface area (Å²) in [7, 11) is 1.70. The quantitative estimate of drug-likeness (QED) is 0.873. The predicted molar refractivity (Wildman–Crippen MR) is 79.1 cm³/mol. The summed E-state index contributed by atoms with van der Waals surface area (Å²) in [6.07, 6.45) is -0.485. The van der Waals surface area contributed by atoms with Crippen LogP contribution in [-0.2, 0) is 4.74 Å². The lowest BCUT2D eigenvalue weighted by molar-refractivity contribution is 0.196. The van der Waals surface area contributed by atoms with E-state index in [0.717, 1.165) is 22.3 Å². The van der Waals surface area contributed by atoms with E-state index in [0.29, 0.717) is 12.6 Å². The van der Waals surface area contributed by atoms with Crippen molar-refractivity contribution in [2.24, 2.45) is 0 Å². The number of halogens is 1. The van der Waals surface area contributed by atoms with E-state index in [1.807, 2.05) is 18.2 Å². The van der Waals surface area contributed by atoms with Gasteiger partial charge in [0.25, 0.3) is 0 Å². The maximum absolute atomic E-state index is 9.91. The first kappa shape index (κ1) is 15.5. The molecule has 0 fully saturated rings. The molecule has 0 radical (unpaired) electrons. The van der Waals surface area contributed by atoms with Crippen LogP contribution < -0.4 is 4.90 Å². The number of benzene rings is 1. The first-order chi connectivity index (χ1) is 8.47. The molecule has 18 heavy (non-hydrogen) atoms. The molecule has 0 spiro atoms. The van der Waals surface area contributed by atoms with E-state index in [9.17, 15) is 5.11 Å². The highest BCUT2D eigenvalue weighted by Crippen LogP contribution is 2.30. The molecule has 0 aliphatic heterocycles. The number of rotatable bonds is 6. The average molecular weight is 316 g/mol. The highest BCUT2D eigenvalue weighted by atomic mass is 79.9. The van der Waals surface area contributed by atoms with Crippen LogP contribution in [0.2, 0.25) is 0 Å². The Hall–Kier alpha value is -0.580. The molecule has 0 aromatic heterocycles. The van der Waals surface area contributed by atoms with Crippen LogP contribution in [0.4, 0.5) is 5.69 Å². The van der Waals surface area contributed by atoms with Gasteiger partial charge in [0.15, 0.2) is 0 Å². The molecule has 1 atom stereocenters. The van der Waals surface area contributed by atoms with E-state index in [4.69, 9.17) is 4.74 Å². The zero-order chi connectivity index (χ0) is 13.7. The van der Waals surface area contributed by atoms with Crippen molar-refractivity contribution in [3.05, 3.63) is 28.2 Å². The lowest BCUT2D eigenvalue weighted by Crippen LogP contribution is -2.34. The third-order valence-corrected chi connectivity index (χ3v) is 3.40. The van der Waals surface area contributed by atoms with E-state index >= 15 is 0 Å². The topological polar surface area (TPSA) is 32.7 Å². The van der Waals surface area contributed by atoms with Crippen LogP contribution in [0.5, 0.6) is 0 Å². The largest absolute Gasteiger partial charge is 0.389 e. The molecule has 0 aliphatic carbocycles. The van der Waals surface area contributed by atoms with Crippen LogP contribution in [0.3, 0.4) is 0 Å². The predicted octanol–water partition coefficient (Wildman–Crippen LogP) is 3.36. The van der Waals surface area contributed by atoms with Crippen molar-refractivity contribution in [2.45, 2.75) is 32.9 Å². The Morgan fingerprint density at radius 2 is 2.00 bits per heavy atom. The second-order valence-corrected chi connectivity index (χ2v) is 5.57. The van der Waals surface area contributed by atoms with Crippen LogP contribution in [0.15, 0.2) is 22.7 Å². The Balaban J connectivity index is 3.10. The fourth-order valence-corrected chi connectivity index (χ4v) is 2.35. The maximum Gasteiger partial charge on any atom is 0.0782 e. The minimum Gasteiger partial charge on any atom is -0.389 e. The lowest BCUT2D eigenvalue weighted by atomic mass is 10.1. The lowest BCUT2D eigenvalue weighted by Gasteiger charge is -2.31. The number of hydrogen-bond donors (Lipinski definition) is 1. The highest BCUT2D eigenvalue weighted by molar-refractivity contribution is 9.10. The summed E-state index contributed by atoms with van der Waals surface area (Å²) in [5.74, 6) is 0. The van der Waals surface area contributed by atoms with Crippen molar-refractivity contribution in [2.75, 3.05) is 25.2 Å². The monoisotopic (exact) mass is 315 g/mol. The normalized spacial score (nSPS) is 12.8. The van der Waals surface area contributed by atoms with Gasteiger partial charge < -0.3 is 14.7 Å². The van der Waals surface area contributed by atoms with Crippen LogP contribution in [-0.4, -0.2) is 31.4 Å². The second kappa shape index (κ2) is 7.12. The molecule has 1 aromatic carbocycles. The molecule has 4 heteroatoms. The molecule has 0 heterocycles. The maximum atomic E-state index is 9.91. The minimum atomic E-state index is -0.485. The Morgan fingerprint density at radius 1 is 1.33 bits per heavy atom. The molecule has 0 amide bonds. The summed E-state index contributed by atoms with van der Waals surface area (Å²) >= 11 is 3.45. The minimum absolute atomic E-state index is 0.360. The van der Waals surface area contributed by atoms with E-state index < -0.39 is 6.10 Å². The first-order valence-electron chi connectivity index (χ1n) is 6.20. The standard InChI is InChI=1S/C14H22BrNO2/c1-10(2)16(7-8-18-4)14-6-5-12(15)9-13(14)11(3)17/h5-6,9-11,17H,7-8H2,1-4H3. The highest BCUT2D eigenvalue weighted by Gasteiger charge is 2.17. The zero-order valence-electron chi connectivity index (χ0n) is 11.5. The number of aliphatic hydroxyl groups is 1. The second-order valence-electron chi connectivity index (χ2n) is 4.66. The summed E-state index contributed by atoms with van der Waals surface area (Å²) in [4.78, 5) is 2.25. The summed E-state index contributed by atoms with van der Waals surface area (Å²) < 4.78 is 6.14. The fourth-order valence-electron chi connectivity index (χ4n) is 1.97. The molecule has 0 saturated carbocycles. The third-order valence-electron chi connectivity index (χ3n) is 2.91. The Labute approximate surface area is 118 Å². The van der Waals surface area contributed by atoms with Crippen LogP contribution in [0.1, 0.15) is 32.4 Å². The van der Waals surface area contributed by atoms with Crippen molar-refractivity contribution in [3.63, 3.8) is 0 Å². The van der Waals surface area contributed by atoms with Crippen molar-refractivity contribution in [3.8, 4) is 0 Å². The summed E-state index contributed by atoms with van der Waals surface area (Å²) in [5.41, 5.74) is 2.01. The van der Waals surface area contributed by atoms with Gasteiger partial charge in [-0.3, -0.25) is 0 Å². The van der Waals surface area contributed by atoms with Gasteiger partial charge in [0, 0.05) is 35.4 Å². The number of nitrogens with zero attached hydrogens (tertiary/aromatic N) is 1. The fraction of sp³-hybridized carbons (Fsp3) is 0.571. The Morgan fingerprint density at radius 3 is 2.50 bits per heavy atom. The van der Waals surface area contributed by atoms with Gasteiger partial charge in [-0.25, -0.2) is 0 Å². The molecule has 1 N–H and O–H groups in total. The SMILES string of the molecule is COCCN(c1ccc(Br)cc1C(C)O)C(C)C. The molecule has 3 nitrogen and oxygen atoms in total. The molecule has 0 saturated heterocycles. The number of aliphatic hydroxyl groups excluding tert-OH is 1. The molecule has 1 aromatic rings. The van der Waals surface area contributed by atoms with Gasteiger partial charge in [-0.05, 0) is 39.0 Å². The van der Waals surface area contributed by atoms with Crippen molar-refractivity contribution < 1.29 is 9.84 Å². The number of anilines is 1. The molecule has 0 bridgehead atoms. The number of methoxy groups -OCH3 is 1. The van der Waals surface area contributed by atoms with Crippen LogP contribution in [0.25, 0.3) is 0 Å². The van der Waals surface area contributed by atoms with Gasteiger partial charge in [0.2, 0.25) is 0 Å². The number of hydrogen-bond acceptors (Lipinski definition) is 3. The molecule has 1 unspecified atom stereocenters. The van der Waals surface area contributed by atoms with Gasteiger partial charge in [0.1, 0.15) is 0 Å². The van der Waals surface area contributed by atoms with E-state index in [-0.39, 0.29) is 0 Å². The zero-order valence-corrected chi connectivity index (χ0v) is 13.1. The van der Waals surface area contributed by atoms with Crippen LogP contribution in [0, 0.1) is 0 Å². The van der Waals surface area contributed by atoms with E-state index in [1.165, 1.54) is 0 Å². The molecular formula is C14H22BrNO2. The first-order valence-corrected chi connectivity index (χ1v) is 6.99. The van der Waals surface area contributed by atoms with E-state index in [2.05, 4.69) is 34.7 Å². The number of ether oxygens (including phenoxy) is 1. The smallest absolute Gasteiger partial charge is 0.0782 e. The average Bonchev–Trinajstić information content (AvgIpc) is 2.30. The molecule has 0 aliphatic rings. The van der Waals surface area contributed by atoms with E-state index in [1.54, 1.807) is 14.0 Å². The summed E-state index contributed by atoms with van der Waals surface area (Å²) in [6, 6.07) is 6.38. The van der Waals surface area contributed by atoms with Crippen LogP contribution >= 0.6 is 15.9 Å². The third kappa shape index (κ3) is 3.97. The Bertz CT molecular complexity index is 380. The molecular weight excluding hydrogens is 294 g/mol. The van der Waals surface area contributed by atoms with Crippen molar-refractivity contribution >= 4 is 21.6 Å². The molecule has 1 rings (SSSR count). The van der Waals surface area contributed by atoms with Crippen molar-refractivity contribution in [1.82, 2.24) is 0 Å². The van der Waals surface area contributed by atoms with Gasteiger partial charge >= 0.3 is 0 Å². The van der Waals surface area contributed by atoms with Gasteiger partial charge in [0.05, 0.1) is 12.7 Å². The Kier molecular flexibility index (Phi) is 6.12. The van der Waals surface area contributed by atoms with Gasteiger partial charge in [-0.2, -0.15) is 0 Å². The van der Waals surface area contributed by atoms with Gasteiger partial charge in [-0.1, -0.05) is 15.9 Å². The summed E-state index contributed by atoms with van der Waals surface area (Å²) in [5, 5.41) is 9.91.